The molecule has 5 heteroatoms. The van der Waals surface area contributed by atoms with E-state index >= 15 is 0 Å². The molecule has 2 aromatic heterocycles. The van der Waals surface area contributed by atoms with Crippen molar-refractivity contribution >= 4 is 0 Å². The Labute approximate surface area is 118 Å². The number of nitrogens with two attached hydrogens (primary N) is 1. The first-order chi connectivity index (χ1) is 9.72. The highest BCUT2D eigenvalue weighted by Crippen LogP contribution is 2.26. The molecule has 0 spiro atoms. The van der Waals surface area contributed by atoms with Crippen LogP contribution in [0.5, 0.6) is 11.6 Å². The number of hydrogen-bond acceptors (Lipinski definition) is 5. The smallest absolute Gasteiger partial charge is 0.257 e. The lowest BCUT2D eigenvalue weighted by Gasteiger charge is -2.11. The van der Waals surface area contributed by atoms with Gasteiger partial charge in [-0.1, -0.05) is 6.07 Å². The van der Waals surface area contributed by atoms with E-state index in [1.807, 2.05) is 32.0 Å². The molecule has 0 unspecified atom stereocenters. The summed E-state index contributed by atoms with van der Waals surface area (Å²) in [6, 6.07) is 5.79. The summed E-state index contributed by atoms with van der Waals surface area (Å²) in [7, 11) is 0. The monoisotopic (exact) mass is 273 g/mol. The zero-order valence-electron chi connectivity index (χ0n) is 11.8. The number of pyridine rings is 2. The molecule has 0 aliphatic rings. The third-order valence-electron chi connectivity index (χ3n) is 2.76. The van der Waals surface area contributed by atoms with Crippen LogP contribution in [0.3, 0.4) is 0 Å². The standard InChI is InChI=1S/C15H19N3O2/c1-3-19-14-6-13(7-16)9-18-15(14)20-10-12-5-4-11(2)17-8-12/h4-6,8-9H,3,7,10,16H2,1-2H3. The summed E-state index contributed by atoms with van der Waals surface area (Å²) >= 11 is 0. The maximum Gasteiger partial charge on any atom is 0.257 e. The van der Waals surface area contributed by atoms with E-state index in [2.05, 4.69) is 9.97 Å². The van der Waals surface area contributed by atoms with Crippen molar-refractivity contribution in [1.82, 2.24) is 9.97 Å². The highest BCUT2D eigenvalue weighted by atomic mass is 16.5. The number of ether oxygens (including phenoxy) is 2. The minimum Gasteiger partial charge on any atom is -0.488 e. The van der Waals surface area contributed by atoms with E-state index in [9.17, 15) is 0 Å². The number of aryl methyl sites for hydroxylation is 1. The zero-order valence-corrected chi connectivity index (χ0v) is 11.8. The Kier molecular flexibility index (Phi) is 4.90. The first-order valence-corrected chi connectivity index (χ1v) is 6.59. The van der Waals surface area contributed by atoms with Crippen LogP contribution in [0.1, 0.15) is 23.7 Å². The molecule has 2 heterocycles. The Morgan fingerprint density at radius 1 is 1.10 bits per heavy atom. The van der Waals surface area contributed by atoms with Crippen molar-refractivity contribution < 1.29 is 9.47 Å². The average molecular weight is 273 g/mol. The molecule has 0 saturated carbocycles. The van der Waals surface area contributed by atoms with E-state index in [-0.39, 0.29) is 0 Å². The van der Waals surface area contributed by atoms with Crippen LogP contribution >= 0.6 is 0 Å². The largest absolute Gasteiger partial charge is 0.488 e. The van der Waals surface area contributed by atoms with Gasteiger partial charge in [0.15, 0.2) is 5.75 Å². The summed E-state index contributed by atoms with van der Waals surface area (Å²) in [6.07, 6.45) is 3.50. The summed E-state index contributed by atoms with van der Waals surface area (Å²) < 4.78 is 11.2. The third-order valence-corrected chi connectivity index (χ3v) is 2.76. The van der Waals surface area contributed by atoms with Crippen LogP contribution in [0.4, 0.5) is 0 Å². The number of hydrogen-bond donors (Lipinski definition) is 1. The maximum atomic E-state index is 5.70. The molecule has 0 aromatic carbocycles. The van der Waals surface area contributed by atoms with Gasteiger partial charge >= 0.3 is 0 Å². The molecule has 20 heavy (non-hydrogen) atoms. The molecule has 2 aromatic rings. The van der Waals surface area contributed by atoms with E-state index in [0.29, 0.717) is 31.4 Å². The van der Waals surface area contributed by atoms with E-state index in [1.54, 1.807) is 12.4 Å². The fourth-order valence-electron chi connectivity index (χ4n) is 1.69. The van der Waals surface area contributed by atoms with Crippen LogP contribution in [0, 0.1) is 6.92 Å². The summed E-state index contributed by atoms with van der Waals surface area (Å²) in [5.41, 5.74) is 8.48. The fraction of sp³-hybridized carbons (Fsp3) is 0.333. The van der Waals surface area contributed by atoms with Gasteiger partial charge in [-0.25, -0.2) is 4.98 Å². The van der Waals surface area contributed by atoms with Gasteiger partial charge in [-0.2, -0.15) is 0 Å². The van der Waals surface area contributed by atoms with Gasteiger partial charge in [0.25, 0.3) is 5.88 Å². The average Bonchev–Trinajstić information content (AvgIpc) is 2.48. The molecule has 0 atom stereocenters. The zero-order chi connectivity index (χ0) is 14.4. The molecule has 5 nitrogen and oxygen atoms in total. The van der Waals surface area contributed by atoms with Gasteiger partial charge in [0, 0.05) is 30.2 Å². The molecule has 2 N–H and O–H groups in total. The van der Waals surface area contributed by atoms with Crippen molar-refractivity contribution in [2.24, 2.45) is 5.73 Å². The highest BCUT2D eigenvalue weighted by molar-refractivity contribution is 5.36. The van der Waals surface area contributed by atoms with Crippen molar-refractivity contribution in [2.45, 2.75) is 27.0 Å². The molecule has 106 valence electrons. The van der Waals surface area contributed by atoms with Gasteiger partial charge in [-0.3, -0.25) is 4.98 Å². The predicted octanol–water partition coefficient (Wildman–Crippen LogP) is 2.22. The molecular formula is C15H19N3O2. The van der Waals surface area contributed by atoms with Gasteiger partial charge in [0.05, 0.1) is 6.61 Å². The first kappa shape index (κ1) is 14.3. The molecule has 0 bridgehead atoms. The summed E-state index contributed by atoms with van der Waals surface area (Å²) in [4.78, 5) is 8.48. The maximum absolute atomic E-state index is 5.70. The number of nitrogens with zero attached hydrogens (tertiary/aromatic N) is 2. The molecule has 0 fully saturated rings. The van der Waals surface area contributed by atoms with E-state index in [0.717, 1.165) is 16.8 Å². The van der Waals surface area contributed by atoms with Crippen LogP contribution < -0.4 is 15.2 Å². The Morgan fingerprint density at radius 3 is 2.55 bits per heavy atom. The molecule has 0 radical (unpaired) electrons. The number of aromatic nitrogens is 2. The van der Waals surface area contributed by atoms with E-state index < -0.39 is 0 Å². The lowest BCUT2D eigenvalue weighted by atomic mass is 10.2. The lowest BCUT2D eigenvalue weighted by Crippen LogP contribution is -2.04. The van der Waals surface area contributed by atoms with Crippen LogP contribution in [0.25, 0.3) is 0 Å². The number of rotatable bonds is 6. The molecule has 0 aliphatic heterocycles. The van der Waals surface area contributed by atoms with Gasteiger partial charge < -0.3 is 15.2 Å². The minimum atomic E-state index is 0.405. The molecule has 0 saturated heterocycles. The predicted molar refractivity (Wildman–Crippen MR) is 76.6 cm³/mol. The van der Waals surface area contributed by atoms with E-state index in [4.69, 9.17) is 15.2 Å². The van der Waals surface area contributed by atoms with Crippen molar-refractivity contribution in [2.75, 3.05) is 6.61 Å². The summed E-state index contributed by atoms with van der Waals surface area (Å²) in [5.74, 6) is 1.10. The summed E-state index contributed by atoms with van der Waals surface area (Å²) in [6.45, 7) is 5.25. The SMILES string of the molecule is CCOc1cc(CN)cnc1OCc1ccc(C)nc1. The second-order valence-electron chi connectivity index (χ2n) is 4.38. The highest BCUT2D eigenvalue weighted by Gasteiger charge is 2.08. The molecule has 0 amide bonds. The molecular weight excluding hydrogens is 254 g/mol. The Hall–Kier alpha value is -2.14. The van der Waals surface area contributed by atoms with Crippen molar-refractivity contribution in [1.29, 1.82) is 0 Å². The van der Waals surface area contributed by atoms with Crippen LogP contribution in [-0.2, 0) is 13.2 Å². The normalized spacial score (nSPS) is 10.3. The fourth-order valence-corrected chi connectivity index (χ4v) is 1.69. The van der Waals surface area contributed by atoms with Crippen molar-refractivity contribution in [3.63, 3.8) is 0 Å². The molecule has 2 rings (SSSR count). The van der Waals surface area contributed by atoms with E-state index in [1.165, 1.54) is 0 Å². The van der Waals surface area contributed by atoms with Crippen molar-refractivity contribution in [3.8, 4) is 11.6 Å². The van der Waals surface area contributed by atoms with Gasteiger partial charge in [-0.15, -0.1) is 0 Å². The van der Waals surface area contributed by atoms with Crippen LogP contribution in [0.2, 0.25) is 0 Å². The van der Waals surface area contributed by atoms with Gasteiger partial charge in [0.1, 0.15) is 6.61 Å². The van der Waals surface area contributed by atoms with Crippen LogP contribution in [-0.4, -0.2) is 16.6 Å². The summed E-state index contributed by atoms with van der Waals surface area (Å²) in [5, 5.41) is 0. The van der Waals surface area contributed by atoms with Crippen molar-refractivity contribution in [3.05, 3.63) is 47.4 Å². The Balaban J connectivity index is 2.09. The van der Waals surface area contributed by atoms with Crippen LogP contribution in [0.15, 0.2) is 30.6 Å². The third kappa shape index (κ3) is 3.68. The topological polar surface area (TPSA) is 70.3 Å². The Bertz CT molecular complexity index is 556. The Morgan fingerprint density at radius 2 is 1.90 bits per heavy atom. The van der Waals surface area contributed by atoms with Gasteiger partial charge in [-0.05, 0) is 31.5 Å². The first-order valence-electron chi connectivity index (χ1n) is 6.59. The second kappa shape index (κ2) is 6.86. The second-order valence-corrected chi connectivity index (χ2v) is 4.38. The minimum absolute atomic E-state index is 0.405. The molecule has 0 aliphatic carbocycles. The van der Waals surface area contributed by atoms with Gasteiger partial charge in [0.2, 0.25) is 0 Å². The lowest BCUT2D eigenvalue weighted by molar-refractivity contribution is 0.258. The quantitative estimate of drug-likeness (QED) is 0.874.